The Hall–Kier alpha value is -4.19. The lowest BCUT2D eigenvalue weighted by Crippen LogP contribution is -2.59. The van der Waals surface area contributed by atoms with Crippen molar-refractivity contribution in [3.05, 3.63) is 61.1 Å². The normalized spacial score (nSPS) is 17.0. The standard InChI is InChI=1S/C24H25N9/c1-17(2)21-15-31(23-9-8-22-27-11-12-33(22)30-23)13-14-32(21)24(28-16-25)29-20-7-3-6-19-18(20)5-4-10-26-19/h3-12,17,21H,13-15H2,1-2H3,(H,28,29)/t21-/m0/s1. The Morgan fingerprint density at radius 3 is 2.88 bits per heavy atom. The highest BCUT2D eigenvalue weighted by atomic mass is 15.4. The Morgan fingerprint density at radius 1 is 1.12 bits per heavy atom. The number of hydrogen-bond acceptors (Lipinski definition) is 6. The molecule has 1 aliphatic heterocycles. The van der Waals surface area contributed by atoms with Crippen LogP contribution in [0.1, 0.15) is 13.8 Å². The third-order valence-corrected chi connectivity index (χ3v) is 6.04. The molecule has 1 atom stereocenters. The van der Waals surface area contributed by atoms with Crippen LogP contribution in [0.2, 0.25) is 0 Å². The fourth-order valence-corrected chi connectivity index (χ4v) is 4.34. The van der Waals surface area contributed by atoms with Crippen molar-refractivity contribution in [1.29, 1.82) is 5.26 Å². The average molecular weight is 440 g/mol. The van der Waals surface area contributed by atoms with Crippen LogP contribution >= 0.6 is 0 Å². The molecule has 33 heavy (non-hydrogen) atoms. The van der Waals surface area contributed by atoms with E-state index in [0.717, 1.165) is 41.1 Å². The molecule has 9 heteroatoms. The lowest BCUT2D eigenvalue weighted by atomic mass is 9.99. The van der Waals surface area contributed by atoms with Crippen molar-refractivity contribution in [3.8, 4) is 6.19 Å². The Morgan fingerprint density at radius 2 is 2.03 bits per heavy atom. The van der Waals surface area contributed by atoms with Crippen LogP contribution < -0.4 is 10.2 Å². The number of aromatic nitrogens is 4. The summed E-state index contributed by atoms with van der Waals surface area (Å²) in [7, 11) is 0. The van der Waals surface area contributed by atoms with Gasteiger partial charge in [-0.2, -0.15) is 5.26 Å². The summed E-state index contributed by atoms with van der Waals surface area (Å²) in [6, 6.07) is 13.9. The van der Waals surface area contributed by atoms with Crippen molar-refractivity contribution in [1.82, 2.24) is 29.8 Å². The number of hydrogen-bond donors (Lipinski definition) is 1. The number of pyridine rings is 1. The Balaban J connectivity index is 1.47. The van der Waals surface area contributed by atoms with E-state index in [1.807, 2.05) is 48.7 Å². The van der Waals surface area contributed by atoms with Gasteiger partial charge in [0.25, 0.3) is 0 Å². The highest BCUT2D eigenvalue weighted by Gasteiger charge is 2.32. The predicted molar refractivity (Wildman–Crippen MR) is 128 cm³/mol. The summed E-state index contributed by atoms with van der Waals surface area (Å²) >= 11 is 0. The van der Waals surface area contributed by atoms with Crippen molar-refractivity contribution >= 4 is 34.0 Å². The molecule has 1 fully saturated rings. The summed E-state index contributed by atoms with van der Waals surface area (Å²) in [5.41, 5.74) is 2.49. The lowest BCUT2D eigenvalue weighted by molar-refractivity contribution is 0.219. The van der Waals surface area contributed by atoms with Crippen molar-refractivity contribution < 1.29 is 0 Å². The van der Waals surface area contributed by atoms with Crippen molar-refractivity contribution in [3.63, 3.8) is 0 Å². The van der Waals surface area contributed by atoms with Gasteiger partial charge in [-0.25, -0.2) is 14.5 Å². The maximum absolute atomic E-state index is 9.48. The second-order valence-corrected chi connectivity index (χ2v) is 8.39. The first-order valence-electron chi connectivity index (χ1n) is 11.0. The van der Waals surface area contributed by atoms with Gasteiger partial charge in [-0.1, -0.05) is 19.9 Å². The van der Waals surface area contributed by atoms with Gasteiger partial charge in [0.2, 0.25) is 5.96 Å². The molecule has 0 radical (unpaired) electrons. The molecule has 1 aromatic carbocycles. The van der Waals surface area contributed by atoms with Crippen molar-refractivity contribution in [2.45, 2.75) is 19.9 Å². The number of rotatable bonds is 3. The minimum atomic E-state index is 0.145. The zero-order chi connectivity index (χ0) is 22.8. The van der Waals surface area contributed by atoms with Crippen LogP contribution in [0.3, 0.4) is 0 Å². The predicted octanol–water partition coefficient (Wildman–Crippen LogP) is 3.18. The third kappa shape index (κ3) is 4.03. The molecule has 1 N–H and O–H groups in total. The van der Waals surface area contributed by atoms with Crippen LogP contribution in [0.25, 0.3) is 16.6 Å². The second-order valence-electron chi connectivity index (χ2n) is 8.39. The van der Waals surface area contributed by atoms with Crippen LogP contribution in [-0.2, 0) is 0 Å². The minimum Gasteiger partial charge on any atom is -0.351 e. The average Bonchev–Trinajstić information content (AvgIpc) is 3.31. The molecule has 9 nitrogen and oxygen atoms in total. The smallest absolute Gasteiger partial charge is 0.213 e. The highest BCUT2D eigenvalue weighted by molar-refractivity contribution is 5.94. The summed E-state index contributed by atoms with van der Waals surface area (Å²) in [4.78, 5) is 18.1. The van der Waals surface area contributed by atoms with E-state index in [1.54, 1.807) is 16.9 Å². The molecule has 4 heterocycles. The van der Waals surface area contributed by atoms with Crippen molar-refractivity contribution in [2.75, 3.05) is 24.5 Å². The van der Waals surface area contributed by atoms with Gasteiger partial charge in [-0.15, -0.1) is 5.10 Å². The molecule has 0 bridgehead atoms. The van der Waals surface area contributed by atoms with Gasteiger partial charge in [-0.3, -0.25) is 10.3 Å². The highest BCUT2D eigenvalue weighted by Crippen LogP contribution is 2.27. The third-order valence-electron chi connectivity index (χ3n) is 6.04. The molecule has 0 spiro atoms. The quantitative estimate of drug-likeness (QED) is 0.227. The fourth-order valence-electron chi connectivity index (χ4n) is 4.34. The molecular formula is C24H25N9. The van der Waals surface area contributed by atoms with Gasteiger partial charge in [0.15, 0.2) is 11.8 Å². The number of aliphatic imine (C=N–C) groups is 1. The van der Waals surface area contributed by atoms with Crippen LogP contribution in [0.15, 0.2) is 66.0 Å². The van der Waals surface area contributed by atoms with E-state index in [4.69, 9.17) is 10.1 Å². The van der Waals surface area contributed by atoms with Gasteiger partial charge in [0, 0.05) is 43.6 Å². The zero-order valence-electron chi connectivity index (χ0n) is 18.6. The first kappa shape index (κ1) is 20.7. The van der Waals surface area contributed by atoms with Gasteiger partial charge < -0.3 is 9.80 Å². The van der Waals surface area contributed by atoms with Crippen LogP contribution in [0.4, 0.5) is 11.5 Å². The number of nitrogens with one attached hydrogen (secondary N) is 1. The van der Waals surface area contributed by atoms with Crippen LogP contribution in [0.5, 0.6) is 0 Å². The number of fused-ring (bicyclic) bond motifs is 2. The number of benzene rings is 1. The summed E-state index contributed by atoms with van der Waals surface area (Å²) in [6.07, 6.45) is 7.46. The monoisotopic (exact) mass is 439 g/mol. The largest absolute Gasteiger partial charge is 0.351 e. The summed E-state index contributed by atoms with van der Waals surface area (Å²) in [5, 5.41) is 18.0. The Bertz CT molecular complexity index is 1350. The number of guanidine groups is 1. The number of nitrogens with zero attached hydrogens (tertiary/aromatic N) is 8. The molecule has 0 saturated carbocycles. The maximum atomic E-state index is 9.48. The molecule has 0 amide bonds. The molecule has 1 aliphatic rings. The van der Waals surface area contributed by atoms with Gasteiger partial charge in [-0.05, 0) is 42.3 Å². The van der Waals surface area contributed by atoms with Crippen molar-refractivity contribution in [2.24, 2.45) is 10.9 Å². The molecule has 0 unspecified atom stereocenters. The molecule has 166 valence electrons. The van der Waals surface area contributed by atoms with Gasteiger partial charge >= 0.3 is 0 Å². The molecule has 5 rings (SSSR count). The molecular weight excluding hydrogens is 414 g/mol. The molecule has 3 aromatic heterocycles. The topological polar surface area (TPSA) is 97.7 Å². The van der Waals surface area contributed by atoms with E-state index in [9.17, 15) is 5.26 Å². The first-order chi connectivity index (χ1) is 16.1. The summed E-state index contributed by atoms with van der Waals surface area (Å²) < 4.78 is 1.80. The Kier molecular flexibility index (Phi) is 5.48. The van der Waals surface area contributed by atoms with E-state index in [2.05, 4.69) is 45.1 Å². The van der Waals surface area contributed by atoms with E-state index < -0.39 is 0 Å². The van der Waals surface area contributed by atoms with E-state index in [-0.39, 0.29) is 6.04 Å². The van der Waals surface area contributed by atoms with Gasteiger partial charge in [0.05, 0.1) is 17.2 Å². The molecule has 0 aliphatic carbocycles. The molecule has 4 aromatic rings. The van der Waals surface area contributed by atoms with Gasteiger partial charge in [0.1, 0.15) is 5.82 Å². The van der Waals surface area contributed by atoms with Crippen LogP contribution in [0, 0.1) is 17.4 Å². The molecule has 1 saturated heterocycles. The lowest BCUT2D eigenvalue weighted by Gasteiger charge is -2.44. The minimum absolute atomic E-state index is 0.145. The van der Waals surface area contributed by atoms with E-state index in [1.165, 1.54) is 0 Å². The summed E-state index contributed by atoms with van der Waals surface area (Å²) in [6.45, 7) is 6.63. The number of anilines is 1. The SMILES string of the molecule is CC(C)[C@@H]1CN(c2ccc3nccn3n2)CCN1C(=Nc1cccc2ncccc12)NC#N. The number of imidazole rings is 1. The maximum Gasteiger partial charge on any atom is 0.213 e. The first-order valence-corrected chi connectivity index (χ1v) is 11.0. The number of piperazine rings is 1. The summed E-state index contributed by atoms with van der Waals surface area (Å²) in [5.74, 6) is 1.81. The number of nitriles is 1. The van der Waals surface area contributed by atoms with Crippen LogP contribution in [-0.4, -0.2) is 56.1 Å². The fraction of sp³-hybridized carbons (Fsp3) is 0.292. The van der Waals surface area contributed by atoms with E-state index in [0.29, 0.717) is 18.4 Å². The Labute approximate surface area is 192 Å². The second kappa shape index (κ2) is 8.74. The zero-order valence-corrected chi connectivity index (χ0v) is 18.6. The van der Waals surface area contributed by atoms with E-state index >= 15 is 0 Å².